The molecule has 0 saturated heterocycles. The summed E-state index contributed by atoms with van der Waals surface area (Å²) in [4.78, 5) is 11.1. The Hall–Kier alpha value is -2.01. The van der Waals surface area contributed by atoms with Crippen LogP contribution < -0.4 is 16.2 Å². The van der Waals surface area contributed by atoms with Gasteiger partial charge in [-0.25, -0.2) is 0 Å². The highest BCUT2D eigenvalue weighted by Gasteiger charge is 2.04. The van der Waals surface area contributed by atoms with E-state index in [1.165, 1.54) is 0 Å². The van der Waals surface area contributed by atoms with E-state index >= 15 is 0 Å². The van der Waals surface area contributed by atoms with E-state index in [0.29, 0.717) is 23.6 Å². The van der Waals surface area contributed by atoms with Crippen molar-refractivity contribution in [1.29, 1.82) is 0 Å². The number of benzene rings is 2. The Kier molecular flexibility index (Phi) is 4.06. The number of ether oxygens (including phenoxy) is 1. The van der Waals surface area contributed by atoms with Crippen molar-refractivity contribution in [2.45, 2.75) is 6.61 Å². The van der Waals surface area contributed by atoms with Crippen molar-refractivity contribution < 1.29 is 9.53 Å². The van der Waals surface area contributed by atoms with Gasteiger partial charge in [-0.1, -0.05) is 28.1 Å². The first-order chi connectivity index (χ1) is 9.06. The van der Waals surface area contributed by atoms with Gasteiger partial charge in [0.1, 0.15) is 12.4 Å². The summed E-state index contributed by atoms with van der Waals surface area (Å²) in [6.07, 6.45) is 0. The van der Waals surface area contributed by atoms with Gasteiger partial charge in [-0.2, -0.15) is 0 Å². The number of rotatable bonds is 4. The van der Waals surface area contributed by atoms with Crippen LogP contribution in [0.5, 0.6) is 5.75 Å². The molecule has 0 unspecified atom stereocenters. The molecule has 0 aromatic heterocycles. The molecule has 0 aliphatic carbocycles. The molecule has 98 valence electrons. The molecule has 0 aliphatic heterocycles. The Morgan fingerprint density at radius 1 is 1.21 bits per heavy atom. The van der Waals surface area contributed by atoms with E-state index in [1.54, 1.807) is 24.3 Å². The van der Waals surface area contributed by atoms with Gasteiger partial charge in [0.25, 0.3) is 0 Å². The lowest BCUT2D eigenvalue weighted by atomic mass is 10.2. The number of carbonyl (C=O) groups is 1. The summed E-state index contributed by atoms with van der Waals surface area (Å²) >= 11 is 3.35. The number of hydrogen-bond donors (Lipinski definition) is 2. The average Bonchev–Trinajstić information content (AvgIpc) is 2.38. The standard InChI is InChI=1S/C14H13BrN2O2/c15-11-5-4-10(13(16)7-11)8-19-12-3-1-2-9(6-12)14(17)18/h1-7H,8,16H2,(H2,17,18). The fraction of sp³-hybridized carbons (Fsp3) is 0.0714. The number of nitrogen functional groups attached to an aromatic ring is 1. The molecule has 0 aliphatic rings. The van der Waals surface area contributed by atoms with Crippen LogP contribution in [0.2, 0.25) is 0 Å². The zero-order chi connectivity index (χ0) is 13.8. The summed E-state index contributed by atoms with van der Waals surface area (Å²) in [7, 11) is 0. The van der Waals surface area contributed by atoms with Gasteiger partial charge in [-0.3, -0.25) is 4.79 Å². The summed E-state index contributed by atoms with van der Waals surface area (Å²) in [5, 5.41) is 0. The van der Waals surface area contributed by atoms with Gasteiger partial charge in [0.15, 0.2) is 0 Å². The number of anilines is 1. The molecule has 2 aromatic carbocycles. The van der Waals surface area contributed by atoms with E-state index in [-0.39, 0.29) is 0 Å². The van der Waals surface area contributed by atoms with Crippen LogP contribution in [0.1, 0.15) is 15.9 Å². The first-order valence-electron chi connectivity index (χ1n) is 5.63. The van der Waals surface area contributed by atoms with E-state index in [0.717, 1.165) is 10.0 Å². The first-order valence-corrected chi connectivity index (χ1v) is 6.42. The van der Waals surface area contributed by atoms with Crippen LogP contribution in [0.15, 0.2) is 46.9 Å². The molecule has 19 heavy (non-hydrogen) atoms. The second-order valence-electron chi connectivity index (χ2n) is 4.02. The van der Waals surface area contributed by atoms with Gasteiger partial charge in [0.2, 0.25) is 5.91 Å². The van der Waals surface area contributed by atoms with Crippen molar-refractivity contribution in [2.75, 3.05) is 5.73 Å². The summed E-state index contributed by atoms with van der Waals surface area (Å²) in [5.74, 6) is 0.104. The van der Waals surface area contributed by atoms with E-state index in [9.17, 15) is 4.79 Å². The maximum absolute atomic E-state index is 11.1. The lowest BCUT2D eigenvalue weighted by Crippen LogP contribution is -2.10. The second-order valence-corrected chi connectivity index (χ2v) is 4.94. The zero-order valence-electron chi connectivity index (χ0n) is 10.1. The monoisotopic (exact) mass is 320 g/mol. The molecule has 1 amide bonds. The predicted octanol–water partition coefficient (Wildman–Crippen LogP) is 2.71. The van der Waals surface area contributed by atoms with Crippen molar-refractivity contribution >= 4 is 27.5 Å². The molecule has 0 fully saturated rings. The SMILES string of the molecule is NC(=O)c1cccc(OCc2ccc(Br)cc2N)c1. The van der Waals surface area contributed by atoms with Crippen LogP contribution in [-0.4, -0.2) is 5.91 Å². The first kappa shape index (κ1) is 13.4. The molecule has 0 bridgehead atoms. The molecule has 0 atom stereocenters. The Balaban J connectivity index is 2.10. The van der Waals surface area contributed by atoms with E-state index in [1.807, 2.05) is 18.2 Å². The van der Waals surface area contributed by atoms with Crippen molar-refractivity contribution in [3.05, 3.63) is 58.1 Å². The van der Waals surface area contributed by atoms with E-state index in [4.69, 9.17) is 16.2 Å². The number of halogens is 1. The Bertz CT molecular complexity index is 614. The van der Waals surface area contributed by atoms with Gasteiger partial charge in [-0.15, -0.1) is 0 Å². The third kappa shape index (κ3) is 3.48. The third-order valence-corrected chi connectivity index (χ3v) is 3.11. The normalized spacial score (nSPS) is 10.2. The summed E-state index contributed by atoms with van der Waals surface area (Å²) < 4.78 is 6.52. The summed E-state index contributed by atoms with van der Waals surface area (Å²) in [6, 6.07) is 12.3. The highest BCUT2D eigenvalue weighted by molar-refractivity contribution is 9.10. The van der Waals surface area contributed by atoms with Crippen LogP contribution in [0.4, 0.5) is 5.69 Å². The molecular weight excluding hydrogens is 308 g/mol. The maximum Gasteiger partial charge on any atom is 0.248 e. The molecular formula is C14H13BrN2O2. The van der Waals surface area contributed by atoms with Crippen LogP contribution in [0, 0.1) is 0 Å². The number of nitrogens with two attached hydrogens (primary N) is 2. The molecule has 4 N–H and O–H groups in total. The molecule has 2 aromatic rings. The second kappa shape index (κ2) is 5.75. The Labute approximate surface area is 119 Å². The smallest absolute Gasteiger partial charge is 0.248 e. The summed E-state index contributed by atoms with van der Waals surface area (Å²) in [5.41, 5.74) is 13.0. The van der Waals surface area contributed by atoms with E-state index < -0.39 is 5.91 Å². The highest BCUT2D eigenvalue weighted by atomic mass is 79.9. The Morgan fingerprint density at radius 2 is 2.00 bits per heavy atom. The predicted molar refractivity (Wildman–Crippen MR) is 77.8 cm³/mol. The van der Waals surface area contributed by atoms with Crippen LogP contribution in [0.25, 0.3) is 0 Å². The topological polar surface area (TPSA) is 78.3 Å². The molecule has 0 spiro atoms. The van der Waals surface area contributed by atoms with Crippen LogP contribution in [-0.2, 0) is 6.61 Å². The molecule has 4 nitrogen and oxygen atoms in total. The molecule has 0 radical (unpaired) electrons. The van der Waals surface area contributed by atoms with Gasteiger partial charge in [-0.05, 0) is 30.3 Å². The molecule has 0 saturated carbocycles. The average molecular weight is 321 g/mol. The fourth-order valence-electron chi connectivity index (χ4n) is 1.60. The number of hydrogen-bond acceptors (Lipinski definition) is 3. The van der Waals surface area contributed by atoms with Crippen molar-refractivity contribution in [3.8, 4) is 5.75 Å². The Morgan fingerprint density at radius 3 is 2.68 bits per heavy atom. The fourth-order valence-corrected chi connectivity index (χ4v) is 1.98. The van der Waals surface area contributed by atoms with E-state index in [2.05, 4.69) is 15.9 Å². The van der Waals surface area contributed by atoms with Gasteiger partial charge in [0, 0.05) is 21.3 Å². The molecule has 0 heterocycles. The highest BCUT2D eigenvalue weighted by Crippen LogP contribution is 2.21. The minimum atomic E-state index is -0.478. The zero-order valence-corrected chi connectivity index (χ0v) is 11.7. The lowest BCUT2D eigenvalue weighted by molar-refractivity contribution is 0.1000. The molecule has 2 rings (SSSR count). The lowest BCUT2D eigenvalue weighted by Gasteiger charge is -2.09. The van der Waals surface area contributed by atoms with Gasteiger partial charge in [0.05, 0.1) is 0 Å². The van der Waals surface area contributed by atoms with Crippen LogP contribution in [0.3, 0.4) is 0 Å². The number of amides is 1. The summed E-state index contributed by atoms with van der Waals surface area (Å²) in [6.45, 7) is 0.335. The quantitative estimate of drug-likeness (QED) is 0.850. The minimum absolute atomic E-state index is 0.335. The molecule has 5 heteroatoms. The minimum Gasteiger partial charge on any atom is -0.489 e. The number of primary amides is 1. The number of carbonyl (C=O) groups excluding carboxylic acids is 1. The van der Waals surface area contributed by atoms with Gasteiger partial charge < -0.3 is 16.2 Å². The van der Waals surface area contributed by atoms with Crippen LogP contribution >= 0.6 is 15.9 Å². The van der Waals surface area contributed by atoms with Gasteiger partial charge >= 0.3 is 0 Å². The van der Waals surface area contributed by atoms with Crippen molar-refractivity contribution in [1.82, 2.24) is 0 Å². The maximum atomic E-state index is 11.1. The van der Waals surface area contributed by atoms with Crippen molar-refractivity contribution in [2.24, 2.45) is 5.73 Å². The van der Waals surface area contributed by atoms with Crippen molar-refractivity contribution in [3.63, 3.8) is 0 Å². The largest absolute Gasteiger partial charge is 0.489 e. The third-order valence-electron chi connectivity index (χ3n) is 2.62.